The van der Waals surface area contributed by atoms with Gasteiger partial charge in [-0.3, -0.25) is 9.48 Å². The van der Waals surface area contributed by atoms with Gasteiger partial charge in [-0.25, -0.2) is 4.79 Å². The Hall–Kier alpha value is -2.30. The van der Waals surface area contributed by atoms with Crippen molar-refractivity contribution in [2.75, 3.05) is 20.1 Å². The third-order valence-corrected chi connectivity index (χ3v) is 5.08. The minimum absolute atomic E-state index is 0.281. The van der Waals surface area contributed by atoms with Gasteiger partial charge in [0.05, 0.1) is 24.4 Å². The third-order valence-electron chi connectivity index (χ3n) is 5.08. The predicted octanol–water partition coefficient (Wildman–Crippen LogP) is 1.27. The van der Waals surface area contributed by atoms with E-state index in [4.69, 9.17) is 4.74 Å². The molecule has 1 atom stereocenters. The fraction of sp³-hybridized carbons (Fsp3) is 0.688. The maximum absolute atomic E-state index is 12.6. The first-order valence-electron chi connectivity index (χ1n) is 8.68. The highest BCUT2D eigenvalue weighted by atomic mass is 19.4. The first-order valence-corrected chi connectivity index (χ1v) is 8.68. The number of rotatable bonds is 2. The number of likely N-dealkylation sites (tertiary alicyclic amines) is 1. The molecular formula is C16H22F3N5O3. The van der Waals surface area contributed by atoms with Gasteiger partial charge >= 0.3 is 12.2 Å². The number of carbonyl (C=O) groups excluding carboxylic acids is 2. The molecule has 1 spiro atoms. The molecule has 2 aliphatic heterocycles. The summed E-state index contributed by atoms with van der Waals surface area (Å²) < 4.78 is 45.5. The summed E-state index contributed by atoms with van der Waals surface area (Å²) in [5.74, 6) is -0.281. The first-order chi connectivity index (χ1) is 12.6. The Morgan fingerprint density at radius 3 is 2.59 bits per heavy atom. The monoisotopic (exact) mass is 389 g/mol. The van der Waals surface area contributed by atoms with E-state index < -0.39 is 23.9 Å². The van der Waals surface area contributed by atoms with Gasteiger partial charge in [-0.15, -0.1) is 0 Å². The summed E-state index contributed by atoms with van der Waals surface area (Å²) in [6.07, 6.45) is -3.51. The summed E-state index contributed by atoms with van der Waals surface area (Å²) in [5.41, 5.74) is 0.565. The molecule has 2 N–H and O–H groups in total. The summed E-state index contributed by atoms with van der Waals surface area (Å²) in [6.45, 7) is 2.22. The van der Waals surface area contributed by atoms with E-state index in [1.54, 1.807) is 10.7 Å². The lowest BCUT2D eigenvalue weighted by Gasteiger charge is -2.43. The van der Waals surface area contributed by atoms with Crippen LogP contribution < -0.4 is 10.6 Å². The maximum atomic E-state index is 12.6. The topological polar surface area (TPSA) is 88.5 Å². The van der Waals surface area contributed by atoms with Crippen molar-refractivity contribution in [1.29, 1.82) is 0 Å². The van der Waals surface area contributed by atoms with Crippen molar-refractivity contribution in [3.8, 4) is 0 Å². The SMILES string of the molecule is CNC(=O)c1cc2n(n1)CC1(CCN(C(=O)N[C@H](C)C(F)(F)F)CC1)OC2. The average molecular weight is 389 g/mol. The van der Waals surface area contributed by atoms with E-state index in [9.17, 15) is 22.8 Å². The molecule has 11 heteroatoms. The highest BCUT2D eigenvalue weighted by Crippen LogP contribution is 2.33. The summed E-state index contributed by atoms with van der Waals surface area (Å²) >= 11 is 0. The zero-order chi connectivity index (χ0) is 19.8. The van der Waals surface area contributed by atoms with E-state index in [1.807, 2.05) is 5.32 Å². The van der Waals surface area contributed by atoms with Crippen LogP contribution in [0.15, 0.2) is 6.07 Å². The predicted molar refractivity (Wildman–Crippen MR) is 88.0 cm³/mol. The number of nitrogens with one attached hydrogen (secondary N) is 2. The van der Waals surface area contributed by atoms with Gasteiger partial charge in [0.25, 0.3) is 5.91 Å². The maximum Gasteiger partial charge on any atom is 0.408 e. The van der Waals surface area contributed by atoms with Crippen LogP contribution in [-0.4, -0.2) is 64.6 Å². The van der Waals surface area contributed by atoms with Crippen molar-refractivity contribution in [2.45, 2.75) is 50.7 Å². The van der Waals surface area contributed by atoms with Crippen LogP contribution in [-0.2, 0) is 17.9 Å². The molecular weight excluding hydrogens is 367 g/mol. The molecule has 8 nitrogen and oxygen atoms in total. The number of hydrogen-bond donors (Lipinski definition) is 2. The van der Waals surface area contributed by atoms with Gasteiger partial charge in [0.15, 0.2) is 5.69 Å². The number of halogens is 3. The molecule has 1 aromatic rings. The standard InChI is InChI=1S/C16H22F3N5O3/c1-10(16(17,18)19)21-14(26)23-5-3-15(4-6-23)9-24-11(8-27-15)7-12(22-24)13(25)20-2/h7,10H,3-6,8-9H2,1-2H3,(H,20,25)(H,21,26)/t10-/m1/s1. The lowest BCUT2D eigenvalue weighted by molar-refractivity contribution is -0.150. The van der Waals surface area contributed by atoms with Gasteiger partial charge in [-0.05, 0) is 25.8 Å². The van der Waals surface area contributed by atoms with Crippen LogP contribution >= 0.6 is 0 Å². The van der Waals surface area contributed by atoms with Crippen LogP contribution in [0.1, 0.15) is 35.9 Å². The van der Waals surface area contributed by atoms with E-state index in [0.717, 1.165) is 12.6 Å². The number of nitrogens with zero attached hydrogens (tertiary/aromatic N) is 3. The highest BCUT2D eigenvalue weighted by molar-refractivity contribution is 5.92. The summed E-state index contributed by atoms with van der Waals surface area (Å²) in [5, 5.41) is 8.80. The minimum Gasteiger partial charge on any atom is -0.367 e. The summed E-state index contributed by atoms with van der Waals surface area (Å²) in [7, 11) is 1.53. The zero-order valence-electron chi connectivity index (χ0n) is 15.1. The Balaban J connectivity index is 1.60. The fourth-order valence-electron chi connectivity index (χ4n) is 3.27. The second-order valence-electron chi connectivity index (χ2n) is 6.93. The van der Waals surface area contributed by atoms with Crippen LogP contribution in [0.4, 0.5) is 18.0 Å². The molecule has 1 fully saturated rings. The Morgan fingerprint density at radius 1 is 1.33 bits per heavy atom. The van der Waals surface area contributed by atoms with E-state index in [2.05, 4.69) is 10.4 Å². The summed E-state index contributed by atoms with van der Waals surface area (Å²) in [4.78, 5) is 25.1. The Bertz CT molecular complexity index is 725. The largest absolute Gasteiger partial charge is 0.408 e. The molecule has 2 aliphatic rings. The van der Waals surface area contributed by atoms with E-state index >= 15 is 0 Å². The van der Waals surface area contributed by atoms with E-state index in [1.165, 1.54) is 11.9 Å². The highest BCUT2D eigenvalue weighted by Gasteiger charge is 2.42. The molecule has 3 heterocycles. The molecule has 0 aromatic carbocycles. The molecule has 0 aliphatic carbocycles. The molecule has 1 aromatic heterocycles. The van der Waals surface area contributed by atoms with Crippen LogP contribution in [0, 0.1) is 0 Å². The number of urea groups is 1. The van der Waals surface area contributed by atoms with Gasteiger partial charge in [0, 0.05) is 20.1 Å². The first kappa shape index (κ1) is 19.5. The van der Waals surface area contributed by atoms with E-state index in [0.29, 0.717) is 31.7 Å². The number of ether oxygens (including phenoxy) is 1. The second kappa shape index (κ2) is 7.02. The van der Waals surface area contributed by atoms with Crippen molar-refractivity contribution in [2.24, 2.45) is 0 Å². The molecule has 0 unspecified atom stereocenters. The number of hydrogen-bond acceptors (Lipinski definition) is 4. The normalized spacial score (nSPS) is 20.1. The quantitative estimate of drug-likeness (QED) is 0.797. The molecule has 1 saturated heterocycles. The van der Waals surface area contributed by atoms with Crippen molar-refractivity contribution in [3.05, 3.63) is 17.5 Å². The van der Waals surface area contributed by atoms with Crippen molar-refractivity contribution < 1.29 is 27.5 Å². The van der Waals surface area contributed by atoms with Gasteiger partial charge < -0.3 is 20.3 Å². The Morgan fingerprint density at radius 2 is 2.00 bits per heavy atom. The van der Waals surface area contributed by atoms with Gasteiger partial charge in [-0.2, -0.15) is 18.3 Å². The lowest BCUT2D eigenvalue weighted by atomic mass is 9.90. The number of alkyl halides is 3. The van der Waals surface area contributed by atoms with Crippen molar-refractivity contribution in [3.63, 3.8) is 0 Å². The number of piperidine rings is 1. The van der Waals surface area contributed by atoms with E-state index in [-0.39, 0.29) is 19.0 Å². The third kappa shape index (κ3) is 4.02. The average Bonchev–Trinajstić information content (AvgIpc) is 3.03. The van der Waals surface area contributed by atoms with Crippen LogP contribution in [0.5, 0.6) is 0 Å². The Kier molecular flexibility index (Phi) is 5.06. The zero-order valence-corrected chi connectivity index (χ0v) is 15.1. The lowest BCUT2D eigenvalue weighted by Crippen LogP contribution is -2.56. The van der Waals surface area contributed by atoms with Gasteiger partial charge in [0.1, 0.15) is 6.04 Å². The molecule has 150 valence electrons. The Labute approximate surface area is 154 Å². The number of amides is 3. The minimum atomic E-state index is -4.47. The van der Waals surface area contributed by atoms with Crippen molar-refractivity contribution in [1.82, 2.24) is 25.3 Å². The molecule has 0 radical (unpaired) electrons. The van der Waals surface area contributed by atoms with Crippen LogP contribution in [0.2, 0.25) is 0 Å². The summed E-state index contributed by atoms with van der Waals surface area (Å²) in [6, 6.07) is -0.957. The van der Waals surface area contributed by atoms with Gasteiger partial charge in [-0.1, -0.05) is 0 Å². The smallest absolute Gasteiger partial charge is 0.367 e. The van der Waals surface area contributed by atoms with Crippen LogP contribution in [0.25, 0.3) is 0 Å². The molecule has 0 bridgehead atoms. The number of aromatic nitrogens is 2. The molecule has 0 saturated carbocycles. The number of fused-ring (bicyclic) bond motifs is 1. The molecule has 3 rings (SSSR count). The molecule has 3 amide bonds. The second-order valence-corrected chi connectivity index (χ2v) is 6.93. The van der Waals surface area contributed by atoms with Gasteiger partial charge in [0.2, 0.25) is 0 Å². The molecule has 27 heavy (non-hydrogen) atoms. The fourth-order valence-corrected chi connectivity index (χ4v) is 3.27. The number of carbonyl (C=O) groups is 2. The van der Waals surface area contributed by atoms with Crippen LogP contribution in [0.3, 0.4) is 0 Å². The van der Waals surface area contributed by atoms with Crippen molar-refractivity contribution >= 4 is 11.9 Å².